The fourth-order valence-electron chi connectivity index (χ4n) is 3.14. The lowest BCUT2D eigenvalue weighted by atomic mass is 10.2. The van der Waals surface area contributed by atoms with Crippen molar-refractivity contribution in [3.8, 4) is 0 Å². The van der Waals surface area contributed by atoms with Crippen LogP contribution in [0.25, 0.3) is 0 Å². The summed E-state index contributed by atoms with van der Waals surface area (Å²) in [5.41, 5.74) is 0. The third kappa shape index (κ3) is 17.2. The first-order chi connectivity index (χ1) is 10.8. The molecule has 0 radical (unpaired) electrons. The van der Waals surface area contributed by atoms with Crippen molar-refractivity contribution in [1.29, 1.82) is 0 Å². The van der Waals surface area contributed by atoms with E-state index < -0.39 is 14.1 Å². The maximum Gasteiger partial charge on any atom is 0.261 e. The minimum Gasteiger partial charge on any atom is -0.162 e. The van der Waals surface area contributed by atoms with Crippen LogP contribution in [0, 0.1) is 0 Å². The molecule has 22 heavy (non-hydrogen) atoms. The zero-order valence-corrected chi connectivity index (χ0v) is 18.0. The molecule has 0 aliphatic rings. The van der Waals surface area contributed by atoms with E-state index in [0.717, 1.165) is 0 Å². The monoisotopic (exact) mass is 342 g/mol. The highest BCUT2D eigenvalue weighted by Gasteiger charge is 2.15. The van der Waals surface area contributed by atoms with Crippen molar-refractivity contribution in [3.63, 3.8) is 0 Å². The summed E-state index contributed by atoms with van der Waals surface area (Å²) in [6.07, 6.45) is 17.6. The summed E-state index contributed by atoms with van der Waals surface area (Å²) in [7, 11) is 0. The van der Waals surface area contributed by atoms with Crippen molar-refractivity contribution in [2.45, 2.75) is 114 Å². The van der Waals surface area contributed by atoms with Gasteiger partial charge < -0.3 is 0 Å². The highest BCUT2D eigenvalue weighted by molar-refractivity contribution is 7.99. The second-order valence-corrected chi connectivity index (χ2v) is 11.7. The molecule has 0 nitrogen and oxygen atoms in total. The Morgan fingerprint density at radius 1 is 0.500 bits per heavy atom. The molecule has 0 unspecified atom stereocenters. The Labute approximate surface area is 151 Å². The number of thioether (sulfide) groups is 1. The van der Waals surface area contributed by atoms with Crippen LogP contribution in [0.2, 0.25) is 15.8 Å². The normalized spacial score (nSPS) is 11.0. The van der Waals surface area contributed by atoms with Crippen LogP contribution >= 0.6 is 11.8 Å². The number of hydrogen-bond donors (Lipinski definition) is 0. The van der Waals surface area contributed by atoms with Crippen molar-refractivity contribution in [3.05, 3.63) is 0 Å². The molecule has 0 saturated carbocycles. The quantitative estimate of drug-likeness (QED) is 0.180. The SMILES string of the molecule is CCCCC[CH2][Al]([CH2]CCCCC)[CH2]CCCSCCCC. The average molecular weight is 343 g/mol. The summed E-state index contributed by atoms with van der Waals surface area (Å²) in [4.78, 5) is 0. The largest absolute Gasteiger partial charge is 0.261 e. The number of hydrogen-bond acceptors (Lipinski definition) is 1. The van der Waals surface area contributed by atoms with Gasteiger partial charge in [0.25, 0.3) is 14.1 Å². The Balaban J connectivity index is 3.66. The Morgan fingerprint density at radius 2 is 0.955 bits per heavy atom. The van der Waals surface area contributed by atoms with Crippen LogP contribution in [0.1, 0.15) is 97.8 Å². The van der Waals surface area contributed by atoms with Crippen molar-refractivity contribution in [1.82, 2.24) is 0 Å². The van der Waals surface area contributed by atoms with Crippen molar-refractivity contribution in [2.75, 3.05) is 11.5 Å². The molecule has 0 rings (SSSR count). The van der Waals surface area contributed by atoms with Crippen LogP contribution < -0.4 is 0 Å². The molecule has 0 N–H and O–H groups in total. The van der Waals surface area contributed by atoms with Gasteiger partial charge in [-0.25, -0.2) is 0 Å². The van der Waals surface area contributed by atoms with E-state index in [2.05, 4.69) is 32.5 Å². The van der Waals surface area contributed by atoms with Crippen molar-refractivity contribution in [2.24, 2.45) is 0 Å². The van der Waals surface area contributed by atoms with E-state index >= 15 is 0 Å². The molecule has 0 atom stereocenters. The molecular weight excluding hydrogens is 299 g/mol. The first-order valence-corrected chi connectivity index (χ1v) is 14.0. The Kier molecular flexibility index (Phi) is 20.7. The van der Waals surface area contributed by atoms with Gasteiger partial charge in [-0.1, -0.05) is 101 Å². The van der Waals surface area contributed by atoms with Gasteiger partial charge in [0.05, 0.1) is 0 Å². The summed E-state index contributed by atoms with van der Waals surface area (Å²) >= 11 is 1.80. The molecule has 0 heterocycles. The van der Waals surface area contributed by atoms with E-state index in [1.807, 2.05) is 0 Å². The molecule has 0 bridgehead atoms. The third-order valence-corrected chi connectivity index (χ3v) is 9.55. The molecule has 0 saturated heterocycles. The zero-order valence-electron chi connectivity index (χ0n) is 16.0. The topological polar surface area (TPSA) is 0 Å². The predicted octanol–water partition coefficient (Wildman–Crippen LogP) is 7.96. The summed E-state index contributed by atoms with van der Waals surface area (Å²) in [6.45, 7) is 6.96. The van der Waals surface area contributed by atoms with Gasteiger partial charge >= 0.3 is 0 Å². The Hall–Kier alpha value is 0.882. The highest BCUT2D eigenvalue weighted by atomic mass is 32.2. The van der Waals surface area contributed by atoms with Crippen LogP contribution in [0.5, 0.6) is 0 Å². The summed E-state index contributed by atoms with van der Waals surface area (Å²) < 4.78 is 0. The molecule has 0 aromatic heterocycles. The van der Waals surface area contributed by atoms with Gasteiger partial charge in [0.2, 0.25) is 0 Å². The predicted molar refractivity (Wildman–Crippen MR) is 110 cm³/mol. The van der Waals surface area contributed by atoms with Crippen LogP contribution in [-0.4, -0.2) is 25.7 Å². The van der Waals surface area contributed by atoms with Gasteiger partial charge in [-0.15, -0.1) is 0 Å². The van der Waals surface area contributed by atoms with E-state index in [1.165, 1.54) is 75.7 Å². The van der Waals surface area contributed by atoms with E-state index in [9.17, 15) is 0 Å². The van der Waals surface area contributed by atoms with E-state index in [-0.39, 0.29) is 0 Å². The van der Waals surface area contributed by atoms with Gasteiger partial charge in [-0.05, 0) is 24.3 Å². The minimum absolute atomic E-state index is 0.393. The molecule has 0 aliphatic carbocycles. The second-order valence-electron chi connectivity index (χ2n) is 7.03. The molecule has 0 amide bonds. The molecule has 132 valence electrons. The van der Waals surface area contributed by atoms with E-state index in [4.69, 9.17) is 0 Å². The summed E-state index contributed by atoms with van der Waals surface area (Å²) in [6, 6.07) is 0. The Bertz CT molecular complexity index is 184. The van der Waals surface area contributed by atoms with Crippen LogP contribution in [0.4, 0.5) is 0 Å². The smallest absolute Gasteiger partial charge is 0.162 e. The fourth-order valence-corrected chi connectivity index (χ4v) is 7.71. The second kappa shape index (κ2) is 19.9. The fraction of sp³-hybridized carbons (Fsp3) is 1.00. The van der Waals surface area contributed by atoms with Gasteiger partial charge in [0.15, 0.2) is 0 Å². The van der Waals surface area contributed by atoms with Gasteiger partial charge in [0.1, 0.15) is 0 Å². The zero-order chi connectivity index (χ0) is 16.3. The van der Waals surface area contributed by atoms with E-state index in [0.29, 0.717) is 0 Å². The van der Waals surface area contributed by atoms with E-state index in [1.54, 1.807) is 28.7 Å². The molecule has 0 fully saturated rings. The summed E-state index contributed by atoms with van der Waals surface area (Å²) in [5.74, 6) is 2.82. The third-order valence-electron chi connectivity index (χ3n) is 4.73. The van der Waals surface area contributed by atoms with Gasteiger partial charge in [0, 0.05) is 0 Å². The van der Waals surface area contributed by atoms with Crippen LogP contribution in [-0.2, 0) is 0 Å². The molecule has 0 aliphatic heterocycles. The Morgan fingerprint density at radius 3 is 1.45 bits per heavy atom. The molecule has 0 spiro atoms. The first kappa shape index (κ1) is 22.9. The summed E-state index contributed by atoms with van der Waals surface area (Å²) in [5, 5.41) is 4.94. The maximum atomic E-state index is 2.33. The minimum atomic E-state index is -0.393. The molecule has 0 aromatic rings. The standard InChI is InChI=1S/C8H17S.2C6H13.Al/c1-3-5-7-9-8-6-4-2;2*1-3-5-6-4-2;/h1,3-8H2,2H3;2*1,3-6H2,2H3;. The van der Waals surface area contributed by atoms with Gasteiger partial charge in [-0.2, -0.15) is 11.8 Å². The average Bonchev–Trinajstić information content (AvgIpc) is 2.53. The lowest BCUT2D eigenvalue weighted by Gasteiger charge is -2.12. The van der Waals surface area contributed by atoms with Gasteiger partial charge in [-0.3, -0.25) is 0 Å². The number of rotatable bonds is 18. The van der Waals surface area contributed by atoms with Crippen molar-refractivity contribution < 1.29 is 0 Å². The lowest BCUT2D eigenvalue weighted by molar-refractivity contribution is 0.682. The van der Waals surface area contributed by atoms with Crippen molar-refractivity contribution >= 4 is 25.9 Å². The number of unbranched alkanes of at least 4 members (excludes halogenated alkanes) is 8. The molecular formula is C20H43AlS. The first-order valence-electron chi connectivity index (χ1n) is 10.4. The van der Waals surface area contributed by atoms with Crippen LogP contribution in [0.3, 0.4) is 0 Å². The highest BCUT2D eigenvalue weighted by Crippen LogP contribution is 2.19. The molecule has 2 heteroatoms. The lowest BCUT2D eigenvalue weighted by Crippen LogP contribution is -2.12. The molecule has 0 aromatic carbocycles. The maximum absolute atomic E-state index is 2.33. The van der Waals surface area contributed by atoms with Crippen LogP contribution in [0.15, 0.2) is 0 Å².